The van der Waals surface area contributed by atoms with Crippen molar-refractivity contribution in [2.24, 2.45) is 0 Å². The normalized spacial score (nSPS) is 14.3. The van der Waals surface area contributed by atoms with Gasteiger partial charge in [0.2, 0.25) is 0 Å². The molecule has 0 radical (unpaired) electrons. The first-order valence-electron chi connectivity index (χ1n) is 7.31. The highest BCUT2D eigenvalue weighted by Gasteiger charge is 2.26. The molecule has 1 N–H and O–H groups in total. The predicted octanol–water partition coefficient (Wildman–Crippen LogP) is 3.10. The van der Waals surface area contributed by atoms with Gasteiger partial charge < -0.3 is 5.11 Å². The zero-order chi connectivity index (χ0) is 16.0. The second-order valence-electron chi connectivity index (χ2n) is 5.72. The lowest BCUT2D eigenvalue weighted by Gasteiger charge is -2.07. The maximum absolute atomic E-state index is 11.5. The molecular weight excluding hydrogens is 316 g/mol. The third-order valence-corrected chi connectivity index (χ3v) is 4.15. The first kappa shape index (κ1) is 14.1. The van der Waals surface area contributed by atoms with Crippen LogP contribution in [-0.2, 0) is 6.54 Å². The number of nitrogens with zero attached hydrogens (tertiary/aromatic N) is 4. The molecule has 2 heterocycles. The highest BCUT2D eigenvalue weighted by atomic mass is 35.5. The monoisotopic (exact) mass is 328 g/mol. The van der Waals surface area contributed by atoms with Crippen molar-refractivity contribution in [2.75, 3.05) is 0 Å². The van der Waals surface area contributed by atoms with Crippen LogP contribution in [0.25, 0.3) is 10.9 Å². The third-order valence-electron chi connectivity index (χ3n) is 3.93. The second kappa shape index (κ2) is 5.31. The van der Waals surface area contributed by atoms with E-state index in [1.54, 1.807) is 29.3 Å². The molecule has 0 unspecified atom stereocenters. The number of aromatic nitrogens is 4. The largest absolute Gasteiger partial charge is 0.478 e. The van der Waals surface area contributed by atoms with Crippen molar-refractivity contribution in [1.29, 1.82) is 0 Å². The number of halogens is 1. The predicted molar refractivity (Wildman–Crippen MR) is 84.8 cm³/mol. The van der Waals surface area contributed by atoms with E-state index in [1.807, 2.05) is 0 Å². The van der Waals surface area contributed by atoms with Crippen LogP contribution < -0.4 is 0 Å². The first-order valence-corrected chi connectivity index (χ1v) is 7.69. The fourth-order valence-corrected chi connectivity index (χ4v) is 2.88. The Labute approximate surface area is 136 Å². The molecule has 7 heteroatoms. The molecule has 1 aromatic carbocycles. The zero-order valence-electron chi connectivity index (χ0n) is 12.1. The van der Waals surface area contributed by atoms with Crippen LogP contribution >= 0.6 is 11.6 Å². The number of carbonyl (C=O) groups is 1. The molecule has 1 saturated carbocycles. The van der Waals surface area contributed by atoms with E-state index in [0.29, 0.717) is 28.4 Å². The summed E-state index contributed by atoms with van der Waals surface area (Å²) in [6, 6.07) is 3.15. The number of hydrogen-bond donors (Lipinski definition) is 1. The lowest BCUT2D eigenvalue weighted by Crippen LogP contribution is -2.07. The molecule has 3 aromatic rings. The highest BCUT2D eigenvalue weighted by molar-refractivity contribution is 6.32. The first-order chi connectivity index (χ1) is 11.1. The molecule has 0 atom stereocenters. The summed E-state index contributed by atoms with van der Waals surface area (Å²) in [6.07, 6.45) is 7.50. The van der Waals surface area contributed by atoms with E-state index in [2.05, 4.69) is 15.1 Å². The van der Waals surface area contributed by atoms with Gasteiger partial charge in [0.25, 0.3) is 0 Å². The van der Waals surface area contributed by atoms with E-state index in [4.69, 9.17) is 11.6 Å². The minimum atomic E-state index is -1.03. The summed E-state index contributed by atoms with van der Waals surface area (Å²) < 4.78 is 1.64. The van der Waals surface area contributed by atoms with Gasteiger partial charge in [-0.3, -0.25) is 4.68 Å². The van der Waals surface area contributed by atoms with E-state index in [1.165, 1.54) is 6.07 Å². The summed E-state index contributed by atoms with van der Waals surface area (Å²) in [5, 5.41) is 14.8. The van der Waals surface area contributed by atoms with E-state index in [9.17, 15) is 9.90 Å². The SMILES string of the molecule is O=C(O)c1cc(Cl)cc2cnn(Cc3cnc(C4CC4)nc3)c12. The number of rotatable bonds is 4. The summed E-state index contributed by atoms with van der Waals surface area (Å²) in [4.78, 5) is 20.2. The minimum absolute atomic E-state index is 0.139. The highest BCUT2D eigenvalue weighted by Crippen LogP contribution is 2.37. The Balaban J connectivity index is 1.72. The molecule has 0 saturated heterocycles. The number of hydrogen-bond acceptors (Lipinski definition) is 4. The molecule has 0 spiro atoms. The van der Waals surface area contributed by atoms with Crippen LogP contribution in [0.4, 0.5) is 0 Å². The molecule has 2 aromatic heterocycles. The maximum Gasteiger partial charge on any atom is 0.337 e. The summed E-state index contributed by atoms with van der Waals surface area (Å²) in [7, 11) is 0. The molecule has 1 fully saturated rings. The molecule has 0 amide bonds. The Morgan fingerprint density at radius 1 is 1.26 bits per heavy atom. The molecular formula is C16H13ClN4O2. The van der Waals surface area contributed by atoms with Gasteiger partial charge in [-0.25, -0.2) is 14.8 Å². The smallest absolute Gasteiger partial charge is 0.337 e. The van der Waals surface area contributed by atoms with E-state index < -0.39 is 5.97 Å². The molecule has 0 bridgehead atoms. The Hall–Kier alpha value is -2.47. The van der Waals surface area contributed by atoms with Crippen LogP contribution in [0.2, 0.25) is 5.02 Å². The molecule has 1 aliphatic rings. The Kier molecular flexibility index (Phi) is 3.27. The number of benzene rings is 1. The molecule has 6 nitrogen and oxygen atoms in total. The van der Waals surface area contributed by atoms with Gasteiger partial charge in [0.05, 0.1) is 23.8 Å². The van der Waals surface area contributed by atoms with Crippen molar-refractivity contribution in [3.8, 4) is 0 Å². The van der Waals surface area contributed by atoms with Crippen LogP contribution in [0, 0.1) is 0 Å². The van der Waals surface area contributed by atoms with Gasteiger partial charge in [0, 0.05) is 34.3 Å². The lowest BCUT2D eigenvalue weighted by molar-refractivity contribution is 0.0698. The van der Waals surface area contributed by atoms with Gasteiger partial charge >= 0.3 is 5.97 Å². The topological polar surface area (TPSA) is 80.9 Å². The summed E-state index contributed by atoms with van der Waals surface area (Å²) in [5.41, 5.74) is 1.57. The fraction of sp³-hybridized carbons (Fsp3) is 0.250. The summed E-state index contributed by atoms with van der Waals surface area (Å²) in [6.45, 7) is 0.413. The van der Waals surface area contributed by atoms with E-state index >= 15 is 0 Å². The summed E-state index contributed by atoms with van der Waals surface area (Å²) in [5.74, 6) is 0.368. The van der Waals surface area contributed by atoms with Crippen LogP contribution in [-0.4, -0.2) is 30.8 Å². The van der Waals surface area contributed by atoms with Crippen molar-refractivity contribution in [1.82, 2.24) is 19.7 Å². The fourth-order valence-electron chi connectivity index (χ4n) is 2.65. The van der Waals surface area contributed by atoms with Crippen molar-refractivity contribution in [3.05, 3.63) is 52.7 Å². The summed E-state index contributed by atoms with van der Waals surface area (Å²) >= 11 is 5.97. The van der Waals surface area contributed by atoms with Crippen LogP contribution in [0.15, 0.2) is 30.7 Å². The molecule has 23 heavy (non-hydrogen) atoms. The van der Waals surface area contributed by atoms with E-state index in [0.717, 1.165) is 24.2 Å². The van der Waals surface area contributed by atoms with Gasteiger partial charge in [-0.1, -0.05) is 11.6 Å². The van der Waals surface area contributed by atoms with Crippen molar-refractivity contribution in [2.45, 2.75) is 25.3 Å². The van der Waals surface area contributed by atoms with Gasteiger partial charge in [0.15, 0.2) is 0 Å². The van der Waals surface area contributed by atoms with Crippen LogP contribution in [0.3, 0.4) is 0 Å². The number of carboxylic acid groups (broad SMARTS) is 1. The quantitative estimate of drug-likeness (QED) is 0.796. The second-order valence-corrected chi connectivity index (χ2v) is 6.16. The number of carboxylic acids is 1. The number of aromatic carboxylic acids is 1. The number of fused-ring (bicyclic) bond motifs is 1. The van der Waals surface area contributed by atoms with Crippen molar-refractivity contribution < 1.29 is 9.90 Å². The molecule has 1 aliphatic carbocycles. The zero-order valence-corrected chi connectivity index (χ0v) is 12.9. The van der Waals surface area contributed by atoms with Crippen LogP contribution in [0.1, 0.15) is 40.5 Å². The molecule has 116 valence electrons. The maximum atomic E-state index is 11.5. The van der Waals surface area contributed by atoms with Crippen molar-refractivity contribution >= 4 is 28.5 Å². The Morgan fingerprint density at radius 3 is 2.65 bits per heavy atom. The Morgan fingerprint density at radius 2 is 2.00 bits per heavy atom. The average molecular weight is 329 g/mol. The third kappa shape index (κ3) is 2.66. The van der Waals surface area contributed by atoms with Gasteiger partial charge in [-0.05, 0) is 25.0 Å². The van der Waals surface area contributed by atoms with Crippen LogP contribution in [0.5, 0.6) is 0 Å². The average Bonchev–Trinajstić information content (AvgIpc) is 3.30. The van der Waals surface area contributed by atoms with Gasteiger partial charge in [-0.2, -0.15) is 5.10 Å². The minimum Gasteiger partial charge on any atom is -0.478 e. The van der Waals surface area contributed by atoms with Crippen molar-refractivity contribution in [3.63, 3.8) is 0 Å². The van der Waals surface area contributed by atoms with E-state index in [-0.39, 0.29) is 5.56 Å². The standard InChI is InChI=1S/C16H13ClN4O2/c17-12-3-11-7-20-21(14(11)13(4-12)16(22)23)8-9-5-18-15(19-6-9)10-1-2-10/h3-7,10H,1-2,8H2,(H,22,23). The molecule has 4 rings (SSSR count). The van der Waals surface area contributed by atoms with Gasteiger partial charge in [0.1, 0.15) is 5.82 Å². The Bertz CT molecular complexity index is 900. The lowest BCUT2D eigenvalue weighted by atomic mass is 10.1. The molecule has 0 aliphatic heterocycles. The van der Waals surface area contributed by atoms with Gasteiger partial charge in [-0.15, -0.1) is 0 Å².